The number of aryl methyl sites for hydroxylation is 1. The minimum atomic E-state index is -4.02. The highest BCUT2D eigenvalue weighted by molar-refractivity contribution is 7.92. The van der Waals surface area contributed by atoms with Crippen molar-refractivity contribution in [2.75, 3.05) is 38.1 Å². The van der Waals surface area contributed by atoms with Gasteiger partial charge in [0.1, 0.15) is 5.75 Å². The van der Waals surface area contributed by atoms with E-state index in [1.165, 1.54) is 23.2 Å². The highest BCUT2D eigenvalue weighted by Crippen LogP contribution is 2.29. The number of carboxylic acids is 1. The van der Waals surface area contributed by atoms with Gasteiger partial charge >= 0.3 is 5.97 Å². The predicted molar refractivity (Wildman–Crippen MR) is 181 cm³/mol. The van der Waals surface area contributed by atoms with Crippen LogP contribution in [0.15, 0.2) is 60.0 Å². The van der Waals surface area contributed by atoms with Gasteiger partial charge in [-0.15, -0.1) is 0 Å². The van der Waals surface area contributed by atoms with E-state index >= 15 is 0 Å². The molecule has 1 aliphatic rings. The number of aromatic carboxylic acids is 1. The largest absolute Gasteiger partial charge is 0.490 e. The number of aromatic nitrogens is 2. The first kappa shape index (κ1) is 36.8. The second-order valence-corrected chi connectivity index (χ2v) is 14.3. The average molecular weight is 686 g/mol. The number of likely N-dealkylation sites (N-methyl/N-ethyl adjacent to an activating group) is 1. The third-order valence-electron chi connectivity index (χ3n) is 8.41. The van der Waals surface area contributed by atoms with Crippen molar-refractivity contribution in [2.24, 2.45) is 13.0 Å². The lowest BCUT2D eigenvalue weighted by Crippen LogP contribution is -2.47. The molecule has 0 fully saturated rings. The SMILES string of the molecule is C[C@@H]1CCCCO[C@@H](CN(C)Cc2ccc(C(=O)O)cc2)[C@@H](C)CN([C@@H](C)CO)C(=O)c2cc(NS(=O)(=O)c3cn(C)cn3)ccc2O1. The number of nitrogens with zero attached hydrogens (tertiary/aromatic N) is 4. The predicted octanol–water partition coefficient (Wildman–Crippen LogP) is 3.85. The molecule has 3 aromatic rings. The molecule has 0 bridgehead atoms. The molecule has 2 aromatic carbocycles. The molecular formula is C34H47N5O8S. The zero-order valence-electron chi connectivity index (χ0n) is 28.2. The standard InChI is InChI=1S/C34H47N5O8S/c1-23-17-39(24(2)21-40)33(41)29-16-28(36-48(44,45)32-20-38(5)22-35-32)13-14-30(29)47-25(3)8-6-7-15-46-31(23)19-37(4)18-26-9-11-27(12-10-26)34(42)43/h9-14,16,20,22-25,31,36,40H,6-8,15,17-19,21H2,1-5H3,(H,42,43)/t23-,24-,25+,31-/m0/s1. The normalized spacial score (nSPS) is 20.4. The maximum atomic E-state index is 14.3. The number of fused-ring (bicyclic) bond motifs is 1. The molecule has 3 N–H and O–H groups in total. The van der Waals surface area contributed by atoms with E-state index in [1.54, 1.807) is 55.3 Å². The number of aliphatic hydroxyl groups excluding tert-OH is 1. The molecule has 0 saturated heterocycles. The number of carboxylic acid groups (broad SMARTS) is 1. The monoisotopic (exact) mass is 685 g/mol. The number of carbonyl (C=O) groups is 2. The van der Waals surface area contributed by atoms with Gasteiger partial charge in [0.2, 0.25) is 0 Å². The highest BCUT2D eigenvalue weighted by Gasteiger charge is 2.31. The maximum Gasteiger partial charge on any atom is 0.335 e. The van der Waals surface area contributed by atoms with E-state index in [9.17, 15) is 28.2 Å². The fraction of sp³-hybridized carbons (Fsp3) is 0.500. The lowest BCUT2D eigenvalue weighted by atomic mass is 10.0. The molecule has 1 amide bonds. The van der Waals surface area contributed by atoms with Gasteiger partial charge in [-0.25, -0.2) is 9.78 Å². The van der Waals surface area contributed by atoms with Crippen molar-refractivity contribution in [3.05, 3.63) is 71.7 Å². The molecule has 262 valence electrons. The van der Waals surface area contributed by atoms with Gasteiger partial charge in [-0.3, -0.25) is 14.4 Å². The topological polar surface area (TPSA) is 164 Å². The molecule has 14 heteroatoms. The van der Waals surface area contributed by atoms with Crippen LogP contribution in [0.3, 0.4) is 0 Å². The smallest absolute Gasteiger partial charge is 0.335 e. The van der Waals surface area contributed by atoms with Gasteiger partial charge in [-0.05, 0) is 76.1 Å². The first-order chi connectivity index (χ1) is 22.8. The number of sulfonamides is 1. The first-order valence-corrected chi connectivity index (χ1v) is 17.6. The van der Waals surface area contributed by atoms with Crippen molar-refractivity contribution < 1.29 is 37.7 Å². The summed E-state index contributed by atoms with van der Waals surface area (Å²) in [6.07, 6.45) is 4.65. The molecule has 0 radical (unpaired) electrons. The van der Waals surface area contributed by atoms with Crippen LogP contribution in [-0.4, -0.2) is 101 Å². The van der Waals surface area contributed by atoms with Crippen LogP contribution in [0.25, 0.3) is 0 Å². The van der Waals surface area contributed by atoms with Gasteiger partial charge in [0.15, 0.2) is 5.03 Å². The second-order valence-electron chi connectivity index (χ2n) is 12.7. The van der Waals surface area contributed by atoms with E-state index in [4.69, 9.17) is 9.47 Å². The van der Waals surface area contributed by atoms with Crippen molar-refractivity contribution >= 4 is 27.6 Å². The molecule has 2 heterocycles. The number of hydrogen-bond donors (Lipinski definition) is 3. The summed E-state index contributed by atoms with van der Waals surface area (Å²) in [5.74, 6) is -1.21. The van der Waals surface area contributed by atoms with E-state index < -0.39 is 27.9 Å². The van der Waals surface area contributed by atoms with Crippen molar-refractivity contribution in [2.45, 2.75) is 69.9 Å². The Labute approximate surface area is 282 Å². The summed E-state index contributed by atoms with van der Waals surface area (Å²) in [6.45, 7) is 7.31. The van der Waals surface area contributed by atoms with E-state index in [0.717, 1.165) is 18.4 Å². The van der Waals surface area contributed by atoms with Crippen LogP contribution in [0.2, 0.25) is 0 Å². The molecule has 4 rings (SSSR count). The third kappa shape index (κ3) is 9.78. The van der Waals surface area contributed by atoms with Crippen LogP contribution in [0.1, 0.15) is 66.3 Å². The zero-order valence-corrected chi connectivity index (χ0v) is 29.0. The summed E-state index contributed by atoms with van der Waals surface area (Å²) in [7, 11) is -0.386. The Morgan fingerprint density at radius 1 is 1.17 bits per heavy atom. The number of imidazole rings is 1. The van der Waals surface area contributed by atoms with Gasteiger partial charge in [0.25, 0.3) is 15.9 Å². The molecule has 1 aromatic heterocycles. The van der Waals surface area contributed by atoms with Gasteiger partial charge < -0.3 is 29.2 Å². The number of rotatable bonds is 10. The zero-order chi connectivity index (χ0) is 35.0. The van der Waals surface area contributed by atoms with Gasteiger partial charge in [-0.2, -0.15) is 8.42 Å². The van der Waals surface area contributed by atoms with Gasteiger partial charge in [-0.1, -0.05) is 19.1 Å². The summed E-state index contributed by atoms with van der Waals surface area (Å²) in [4.78, 5) is 33.2. The Morgan fingerprint density at radius 3 is 2.54 bits per heavy atom. The summed E-state index contributed by atoms with van der Waals surface area (Å²) in [5.41, 5.74) is 1.54. The summed E-state index contributed by atoms with van der Waals surface area (Å²) in [6, 6.07) is 10.8. The summed E-state index contributed by atoms with van der Waals surface area (Å²) in [5, 5.41) is 19.3. The minimum absolute atomic E-state index is 0.154. The number of amides is 1. The van der Waals surface area contributed by atoms with E-state index in [-0.39, 0.29) is 53.1 Å². The Hall–Kier alpha value is -3.98. The molecular weight excluding hydrogens is 638 g/mol. The molecule has 0 unspecified atom stereocenters. The number of carbonyl (C=O) groups excluding carboxylic acids is 1. The van der Waals surface area contributed by atoms with Crippen LogP contribution in [-0.2, 0) is 28.4 Å². The molecule has 0 saturated carbocycles. The quantitative estimate of drug-likeness (QED) is 0.286. The number of hydrogen-bond acceptors (Lipinski definition) is 9. The molecule has 0 spiro atoms. The summed E-state index contributed by atoms with van der Waals surface area (Å²) >= 11 is 0. The van der Waals surface area contributed by atoms with E-state index in [1.807, 2.05) is 20.9 Å². The van der Waals surface area contributed by atoms with Crippen LogP contribution >= 0.6 is 0 Å². The Bertz CT molecular complexity index is 1650. The molecule has 4 atom stereocenters. The Balaban J connectivity index is 1.61. The van der Waals surface area contributed by atoms with E-state index in [0.29, 0.717) is 31.9 Å². The maximum absolute atomic E-state index is 14.3. The highest BCUT2D eigenvalue weighted by atomic mass is 32.2. The van der Waals surface area contributed by atoms with Crippen molar-refractivity contribution in [1.82, 2.24) is 19.4 Å². The number of benzene rings is 2. The second kappa shape index (κ2) is 16.4. The van der Waals surface area contributed by atoms with Crippen LogP contribution in [0, 0.1) is 5.92 Å². The molecule has 13 nitrogen and oxygen atoms in total. The number of ether oxygens (including phenoxy) is 2. The van der Waals surface area contributed by atoms with Gasteiger partial charge in [0, 0.05) is 51.1 Å². The lowest BCUT2D eigenvalue weighted by Gasteiger charge is -2.36. The first-order valence-electron chi connectivity index (χ1n) is 16.1. The molecule has 0 aliphatic carbocycles. The molecule has 48 heavy (non-hydrogen) atoms. The third-order valence-corrected chi connectivity index (χ3v) is 9.67. The number of anilines is 1. The summed E-state index contributed by atoms with van der Waals surface area (Å²) < 4.78 is 42.8. The average Bonchev–Trinajstić information content (AvgIpc) is 3.49. The Kier molecular flexibility index (Phi) is 12.6. The van der Waals surface area contributed by atoms with Crippen molar-refractivity contribution in [3.63, 3.8) is 0 Å². The fourth-order valence-corrected chi connectivity index (χ4v) is 6.65. The lowest BCUT2D eigenvalue weighted by molar-refractivity contribution is -0.0177. The minimum Gasteiger partial charge on any atom is -0.490 e. The Morgan fingerprint density at radius 2 is 1.90 bits per heavy atom. The van der Waals surface area contributed by atoms with Crippen molar-refractivity contribution in [3.8, 4) is 5.75 Å². The molecule has 1 aliphatic heterocycles. The number of nitrogens with one attached hydrogen (secondary N) is 1. The van der Waals surface area contributed by atoms with E-state index in [2.05, 4.69) is 14.6 Å². The van der Waals surface area contributed by atoms with Crippen LogP contribution in [0.5, 0.6) is 5.75 Å². The van der Waals surface area contributed by atoms with Crippen molar-refractivity contribution in [1.29, 1.82) is 0 Å². The number of aliphatic hydroxyl groups is 1. The van der Waals surface area contributed by atoms with Crippen LogP contribution in [0.4, 0.5) is 5.69 Å². The van der Waals surface area contributed by atoms with Crippen LogP contribution < -0.4 is 9.46 Å². The fourth-order valence-electron chi connectivity index (χ4n) is 5.62. The van der Waals surface area contributed by atoms with Gasteiger partial charge in [0.05, 0.1) is 42.3 Å².